The van der Waals surface area contributed by atoms with Gasteiger partial charge in [-0.3, -0.25) is 24.3 Å². The zero-order valence-electron chi connectivity index (χ0n) is 13.5. The third-order valence-corrected chi connectivity index (χ3v) is 3.80. The van der Waals surface area contributed by atoms with E-state index in [4.69, 9.17) is 0 Å². The highest BCUT2D eigenvalue weighted by Gasteiger charge is 2.12. The van der Waals surface area contributed by atoms with Crippen LogP contribution in [-0.2, 0) is 17.9 Å². The van der Waals surface area contributed by atoms with Gasteiger partial charge in [0.25, 0.3) is 11.2 Å². The first-order chi connectivity index (χ1) is 12.5. The van der Waals surface area contributed by atoms with E-state index in [1.165, 1.54) is 29.1 Å². The van der Waals surface area contributed by atoms with Crippen molar-refractivity contribution >= 4 is 22.5 Å². The highest BCUT2D eigenvalue weighted by Crippen LogP contribution is 2.22. The second-order valence-electron chi connectivity index (χ2n) is 5.54. The van der Waals surface area contributed by atoms with Crippen LogP contribution in [-0.4, -0.2) is 25.5 Å². The van der Waals surface area contributed by atoms with Gasteiger partial charge in [0.2, 0.25) is 5.91 Å². The Morgan fingerprint density at radius 3 is 2.81 bits per heavy atom. The van der Waals surface area contributed by atoms with Crippen LogP contribution in [0, 0.1) is 10.1 Å². The molecule has 0 aliphatic carbocycles. The molecule has 0 aliphatic heterocycles. The van der Waals surface area contributed by atoms with Crippen molar-refractivity contribution in [2.45, 2.75) is 13.1 Å². The minimum absolute atomic E-state index is 0.109. The van der Waals surface area contributed by atoms with Crippen molar-refractivity contribution in [2.24, 2.45) is 0 Å². The number of hydrogen-bond acceptors (Lipinski definition) is 6. The van der Waals surface area contributed by atoms with E-state index >= 15 is 0 Å². The molecule has 1 heterocycles. The van der Waals surface area contributed by atoms with Crippen LogP contribution in [0.15, 0.2) is 53.6 Å². The Balaban J connectivity index is 1.72. The number of rotatable bonds is 5. The van der Waals surface area contributed by atoms with E-state index in [0.717, 1.165) is 0 Å². The molecule has 0 bridgehead atoms. The molecule has 0 spiro atoms. The standard InChI is InChI=1S/C17H14N4O5/c22-15-6-5-12(21(25)26)7-11(15)8-18-16(23)9-20-10-19-14-4-2-1-3-13(14)17(20)24/h1-7,10,22H,8-9H2,(H,18,23). The van der Waals surface area contributed by atoms with Gasteiger partial charge in [-0.15, -0.1) is 0 Å². The lowest BCUT2D eigenvalue weighted by atomic mass is 10.2. The van der Waals surface area contributed by atoms with Crippen LogP contribution in [0.3, 0.4) is 0 Å². The molecule has 0 radical (unpaired) electrons. The predicted octanol–water partition coefficient (Wildman–Crippen LogP) is 1.33. The van der Waals surface area contributed by atoms with Gasteiger partial charge in [-0.25, -0.2) is 4.98 Å². The molecule has 26 heavy (non-hydrogen) atoms. The van der Waals surface area contributed by atoms with Crippen molar-refractivity contribution in [1.29, 1.82) is 0 Å². The second-order valence-corrected chi connectivity index (χ2v) is 5.54. The van der Waals surface area contributed by atoms with Crippen molar-refractivity contribution in [3.63, 3.8) is 0 Å². The molecule has 9 heteroatoms. The van der Waals surface area contributed by atoms with Gasteiger partial charge in [-0.1, -0.05) is 12.1 Å². The number of amides is 1. The summed E-state index contributed by atoms with van der Waals surface area (Å²) in [5.74, 6) is -0.657. The average molecular weight is 354 g/mol. The largest absolute Gasteiger partial charge is 0.508 e. The lowest BCUT2D eigenvalue weighted by molar-refractivity contribution is -0.384. The zero-order valence-corrected chi connectivity index (χ0v) is 13.5. The molecule has 0 saturated heterocycles. The molecule has 1 aromatic heterocycles. The lowest BCUT2D eigenvalue weighted by Crippen LogP contribution is -2.32. The maximum atomic E-state index is 12.3. The fourth-order valence-electron chi connectivity index (χ4n) is 2.45. The van der Waals surface area contributed by atoms with Crippen LogP contribution in [0.4, 0.5) is 5.69 Å². The number of carbonyl (C=O) groups is 1. The summed E-state index contributed by atoms with van der Waals surface area (Å²) in [5, 5.41) is 23.4. The van der Waals surface area contributed by atoms with E-state index in [-0.39, 0.29) is 35.6 Å². The molecule has 0 unspecified atom stereocenters. The van der Waals surface area contributed by atoms with Crippen LogP contribution in [0.25, 0.3) is 10.9 Å². The molecule has 9 nitrogen and oxygen atoms in total. The van der Waals surface area contributed by atoms with E-state index < -0.39 is 10.8 Å². The van der Waals surface area contributed by atoms with Crippen LogP contribution >= 0.6 is 0 Å². The summed E-state index contributed by atoms with van der Waals surface area (Å²) in [4.78, 5) is 38.7. The van der Waals surface area contributed by atoms with E-state index in [1.54, 1.807) is 24.3 Å². The molecule has 3 aromatic rings. The van der Waals surface area contributed by atoms with Gasteiger partial charge >= 0.3 is 0 Å². The van der Waals surface area contributed by atoms with E-state index in [9.17, 15) is 24.8 Å². The molecule has 0 aliphatic rings. The third kappa shape index (κ3) is 3.51. The van der Waals surface area contributed by atoms with Gasteiger partial charge in [0.05, 0.1) is 22.2 Å². The number of nitrogens with one attached hydrogen (secondary N) is 1. The van der Waals surface area contributed by atoms with Crippen molar-refractivity contribution in [3.05, 3.63) is 74.8 Å². The van der Waals surface area contributed by atoms with Crippen molar-refractivity contribution in [2.75, 3.05) is 0 Å². The molecule has 0 atom stereocenters. The number of carbonyl (C=O) groups excluding carboxylic acids is 1. The van der Waals surface area contributed by atoms with E-state index in [0.29, 0.717) is 10.9 Å². The number of hydrogen-bond donors (Lipinski definition) is 2. The maximum Gasteiger partial charge on any atom is 0.270 e. The number of nitrogens with zero attached hydrogens (tertiary/aromatic N) is 3. The lowest BCUT2D eigenvalue weighted by Gasteiger charge is -2.09. The number of nitro groups is 1. The first-order valence-corrected chi connectivity index (χ1v) is 7.63. The number of benzene rings is 2. The van der Waals surface area contributed by atoms with Crippen molar-refractivity contribution in [1.82, 2.24) is 14.9 Å². The minimum atomic E-state index is -0.592. The summed E-state index contributed by atoms with van der Waals surface area (Å²) in [6.07, 6.45) is 1.29. The number of phenols is 1. The summed E-state index contributed by atoms with van der Waals surface area (Å²) in [5.41, 5.74) is 0.207. The van der Waals surface area contributed by atoms with Gasteiger partial charge in [0.1, 0.15) is 12.3 Å². The van der Waals surface area contributed by atoms with Gasteiger partial charge in [0.15, 0.2) is 0 Å². The van der Waals surface area contributed by atoms with Crippen LogP contribution < -0.4 is 10.9 Å². The molecule has 3 rings (SSSR count). The summed E-state index contributed by atoms with van der Waals surface area (Å²) < 4.78 is 1.17. The molecular formula is C17H14N4O5. The van der Waals surface area contributed by atoms with Crippen LogP contribution in [0.2, 0.25) is 0 Å². The highest BCUT2D eigenvalue weighted by atomic mass is 16.6. The number of fused-ring (bicyclic) bond motifs is 1. The summed E-state index contributed by atoms with van der Waals surface area (Å²) >= 11 is 0. The number of non-ortho nitro benzene ring substituents is 1. The fraction of sp³-hybridized carbons (Fsp3) is 0.118. The molecular weight excluding hydrogens is 340 g/mol. The van der Waals surface area contributed by atoms with Gasteiger partial charge in [-0.05, 0) is 18.2 Å². The molecule has 0 fully saturated rings. The predicted molar refractivity (Wildman–Crippen MR) is 92.6 cm³/mol. The second kappa shape index (κ2) is 7.01. The monoisotopic (exact) mass is 354 g/mol. The van der Waals surface area contributed by atoms with Gasteiger partial charge < -0.3 is 10.4 Å². The number of phenolic OH excluding ortho intramolecular Hbond substituents is 1. The molecule has 2 aromatic carbocycles. The number of aromatic nitrogens is 2. The molecule has 2 N–H and O–H groups in total. The highest BCUT2D eigenvalue weighted by molar-refractivity contribution is 5.78. The SMILES string of the molecule is O=C(Cn1cnc2ccccc2c1=O)NCc1cc([N+](=O)[O-])ccc1O. The Labute approximate surface area is 146 Å². The van der Waals surface area contributed by atoms with E-state index in [1.807, 2.05) is 0 Å². The number of aromatic hydroxyl groups is 1. The normalized spacial score (nSPS) is 10.6. The Hall–Kier alpha value is -3.75. The Morgan fingerprint density at radius 1 is 1.27 bits per heavy atom. The van der Waals surface area contributed by atoms with Crippen LogP contribution in [0.1, 0.15) is 5.56 Å². The van der Waals surface area contributed by atoms with Crippen molar-refractivity contribution < 1.29 is 14.8 Å². The van der Waals surface area contributed by atoms with Crippen molar-refractivity contribution in [3.8, 4) is 5.75 Å². The third-order valence-electron chi connectivity index (χ3n) is 3.80. The minimum Gasteiger partial charge on any atom is -0.508 e. The van der Waals surface area contributed by atoms with Gasteiger partial charge in [-0.2, -0.15) is 0 Å². The Morgan fingerprint density at radius 2 is 2.04 bits per heavy atom. The topological polar surface area (TPSA) is 127 Å². The summed E-state index contributed by atoms with van der Waals surface area (Å²) in [7, 11) is 0. The Kier molecular flexibility index (Phi) is 4.61. The average Bonchev–Trinajstić information content (AvgIpc) is 2.63. The summed E-state index contributed by atoms with van der Waals surface area (Å²) in [6.45, 7) is -0.367. The number of para-hydroxylation sites is 1. The molecule has 1 amide bonds. The van der Waals surface area contributed by atoms with Gasteiger partial charge in [0, 0.05) is 24.2 Å². The quantitative estimate of drug-likeness (QED) is 0.525. The molecule has 0 saturated carbocycles. The van der Waals surface area contributed by atoms with E-state index in [2.05, 4.69) is 10.3 Å². The first kappa shape index (κ1) is 17.1. The maximum absolute atomic E-state index is 12.3. The summed E-state index contributed by atoms with van der Waals surface area (Å²) in [6, 6.07) is 10.3. The first-order valence-electron chi connectivity index (χ1n) is 7.63. The Bertz CT molecular complexity index is 1060. The zero-order chi connectivity index (χ0) is 18.7. The fourth-order valence-corrected chi connectivity index (χ4v) is 2.45. The smallest absolute Gasteiger partial charge is 0.270 e. The molecule has 132 valence electrons. The van der Waals surface area contributed by atoms with Crippen LogP contribution in [0.5, 0.6) is 5.75 Å². The number of nitro benzene ring substituents is 1.